The van der Waals surface area contributed by atoms with Crippen LogP contribution in [0.25, 0.3) is 5.69 Å². The second kappa shape index (κ2) is 7.41. The van der Waals surface area contributed by atoms with Crippen molar-refractivity contribution in [3.05, 3.63) is 75.8 Å². The molecule has 160 valence electrons. The van der Waals surface area contributed by atoms with Crippen LogP contribution >= 0.6 is 11.6 Å². The van der Waals surface area contributed by atoms with E-state index in [1.807, 2.05) is 6.07 Å². The summed E-state index contributed by atoms with van der Waals surface area (Å²) in [6.07, 6.45) is 2.61. The van der Waals surface area contributed by atoms with Crippen molar-refractivity contribution in [1.82, 2.24) is 25.0 Å². The van der Waals surface area contributed by atoms with Gasteiger partial charge < -0.3 is 10.1 Å². The highest BCUT2D eigenvalue weighted by atomic mass is 35.5. The Labute approximate surface area is 187 Å². The van der Waals surface area contributed by atoms with Crippen molar-refractivity contribution in [3.63, 3.8) is 0 Å². The molecule has 1 atom stereocenters. The molecule has 3 aliphatic heterocycles. The van der Waals surface area contributed by atoms with E-state index in [1.54, 1.807) is 0 Å². The third kappa shape index (κ3) is 3.21. The smallest absolute Gasteiger partial charge is 0.167 e. The van der Waals surface area contributed by atoms with Crippen LogP contribution in [0, 0.1) is 0 Å². The average molecular weight is 436 g/mol. The van der Waals surface area contributed by atoms with Crippen molar-refractivity contribution in [1.29, 1.82) is 0 Å². The molecule has 1 saturated heterocycles. The van der Waals surface area contributed by atoms with Gasteiger partial charge >= 0.3 is 0 Å². The highest BCUT2D eigenvalue weighted by Crippen LogP contribution is 2.46. The Hall–Kier alpha value is -2.25. The van der Waals surface area contributed by atoms with Crippen molar-refractivity contribution in [2.75, 3.05) is 20.1 Å². The van der Waals surface area contributed by atoms with Gasteiger partial charge in [0.25, 0.3) is 0 Å². The maximum absolute atomic E-state index is 6.96. The van der Waals surface area contributed by atoms with Crippen LogP contribution in [0.5, 0.6) is 0 Å². The minimum atomic E-state index is -0.262. The number of hydrogen-bond acceptors (Lipinski definition) is 5. The van der Waals surface area contributed by atoms with Gasteiger partial charge in [0, 0.05) is 18.0 Å². The molecule has 2 aromatic carbocycles. The fourth-order valence-electron chi connectivity index (χ4n) is 5.47. The minimum absolute atomic E-state index is 0.138. The molecule has 0 radical (unpaired) electrons. The number of nitrogens with zero attached hydrogens (tertiary/aromatic N) is 4. The molecular weight excluding hydrogens is 410 g/mol. The van der Waals surface area contributed by atoms with Crippen LogP contribution in [0.1, 0.15) is 47.3 Å². The lowest BCUT2D eigenvalue weighted by Gasteiger charge is -2.45. The molecule has 1 fully saturated rings. The molecule has 3 aromatic rings. The lowest BCUT2D eigenvalue weighted by atomic mass is 9.78. The van der Waals surface area contributed by atoms with Crippen LogP contribution in [0.15, 0.2) is 42.5 Å². The summed E-state index contributed by atoms with van der Waals surface area (Å²) >= 11 is 6.33. The van der Waals surface area contributed by atoms with E-state index in [2.05, 4.69) is 68.4 Å². The van der Waals surface area contributed by atoms with Gasteiger partial charge in [-0.2, -0.15) is 0 Å². The summed E-state index contributed by atoms with van der Waals surface area (Å²) < 4.78 is 9.17. The normalized spacial score (nSPS) is 22.5. The number of benzene rings is 2. The van der Waals surface area contributed by atoms with Crippen LogP contribution < -0.4 is 5.32 Å². The Morgan fingerprint density at radius 3 is 2.77 bits per heavy atom. The molecule has 1 unspecified atom stereocenters. The fourth-order valence-corrected chi connectivity index (χ4v) is 5.67. The molecule has 6 nitrogen and oxygen atoms in total. The zero-order chi connectivity index (χ0) is 21.0. The van der Waals surface area contributed by atoms with Crippen LogP contribution in [0.2, 0.25) is 5.02 Å². The summed E-state index contributed by atoms with van der Waals surface area (Å²) in [6.45, 7) is 3.48. The Balaban J connectivity index is 1.48. The van der Waals surface area contributed by atoms with E-state index in [0.29, 0.717) is 0 Å². The van der Waals surface area contributed by atoms with Crippen molar-refractivity contribution in [2.45, 2.75) is 44.1 Å². The lowest BCUT2D eigenvalue weighted by molar-refractivity contribution is -0.132. The SMILES string of the molecule is CN1Cc2cc(Cl)ccc2-n2c(nnc2C2Cc3ccccc3C3(CCNCC3)O2)C1. The molecule has 6 rings (SSSR count). The van der Waals surface area contributed by atoms with E-state index in [-0.39, 0.29) is 11.7 Å². The molecule has 1 aromatic heterocycles. The number of hydrogen-bond donors (Lipinski definition) is 1. The van der Waals surface area contributed by atoms with Gasteiger partial charge in [-0.1, -0.05) is 35.9 Å². The summed E-state index contributed by atoms with van der Waals surface area (Å²) in [4.78, 5) is 2.25. The van der Waals surface area contributed by atoms with Crippen molar-refractivity contribution in [3.8, 4) is 5.69 Å². The van der Waals surface area contributed by atoms with Crippen molar-refractivity contribution in [2.24, 2.45) is 0 Å². The quantitative estimate of drug-likeness (QED) is 0.630. The number of aromatic nitrogens is 3. The van der Waals surface area contributed by atoms with Crippen LogP contribution in [-0.4, -0.2) is 39.8 Å². The number of ether oxygens (including phenoxy) is 1. The summed E-state index contributed by atoms with van der Waals surface area (Å²) in [5, 5.41) is 13.5. The summed E-state index contributed by atoms with van der Waals surface area (Å²) in [7, 11) is 2.10. The van der Waals surface area contributed by atoms with E-state index < -0.39 is 0 Å². The Kier molecular flexibility index (Phi) is 4.65. The first-order valence-corrected chi connectivity index (χ1v) is 11.4. The topological polar surface area (TPSA) is 55.2 Å². The largest absolute Gasteiger partial charge is 0.359 e. The van der Waals surface area contributed by atoms with E-state index >= 15 is 0 Å². The monoisotopic (exact) mass is 435 g/mol. The maximum Gasteiger partial charge on any atom is 0.167 e. The zero-order valence-electron chi connectivity index (χ0n) is 17.6. The lowest BCUT2D eigenvalue weighted by Crippen LogP contribution is -2.45. The van der Waals surface area contributed by atoms with Gasteiger partial charge in [-0.25, -0.2) is 0 Å². The number of rotatable bonds is 1. The molecule has 1 spiro atoms. The summed E-state index contributed by atoms with van der Waals surface area (Å²) in [5.41, 5.74) is 4.73. The predicted octanol–water partition coefficient (Wildman–Crippen LogP) is 3.76. The second-order valence-electron chi connectivity index (χ2n) is 8.97. The highest BCUT2D eigenvalue weighted by molar-refractivity contribution is 6.30. The molecule has 3 aliphatic rings. The Bertz CT molecular complexity index is 1140. The number of piperidine rings is 1. The first kappa shape index (κ1) is 19.4. The summed E-state index contributed by atoms with van der Waals surface area (Å²) in [5.74, 6) is 1.83. The van der Waals surface area contributed by atoms with Gasteiger partial charge in [-0.05, 0) is 67.9 Å². The molecule has 0 bridgehead atoms. The molecule has 0 aliphatic carbocycles. The molecule has 1 N–H and O–H groups in total. The molecule has 7 heteroatoms. The second-order valence-corrected chi connectivity index (χ2v) is 9.40. The third-order valence-corrected chi connectivity index (χ3v) is 7.10. The number of halogens is 1. The van der Waals surface area contributed by atoms with E-state index in [1.165, 1.54) is 16.7 Å². The summed E-state index contributed by atoms with van der Waals surface area (Å²) in [6, 6.07) is 14.8. The molecular formula is C24H26ClN5O. The average Bonchev–Trinajstić information content (AvgIpc) is 3.11. The molecule has 0 amide bonds. The number of nitrogens with one attached hydrogen (secondary N) is 1. The standard InChI is InChI=1S/C24H26ClN5O/c1-29-14-17-12-18(25)6-7-20(17)30-22(15-29)27-28-23(30)21-13-16-4-2-3-5-19(16)24(31-21)8-10-26-11-9-24/h2-7,12,21,26H,8-11,13-15H2,1H3. The molecule has 4 heterocycles. The van der Waals surface area contributed by atoms with Gasteiger partial charge in [0.2, 0.25) is 0 Å². The number of fused-ring (bicyclic) bond motifs is 5. The maximum atomic E-state index is 6.96. The van der Waals surface area contributed by atoms with Gasteiger partial charge in [0.05, 0.1) is 17.8 Å². The van der Waals surface area contributed by atoms with E-state index in [4.69, 9.17) is 16.3 Å². The Morgan fingerprint density at radius 2 is 1.90 bits per heavy atom. The van der Waals surface area contributed by atoms with Crippen LogP contribution in [0.4, 0.5) is 0 Å². The Morgan fingerprint density at radius 1 is 1.06 bits per heavy atom. The first-order valence-electron chi connectivity index (χ1n) is 11.0. The molecule has 31 heavy (non-hydrogen) atoms. The van der Waals surface area contributed by atoms with Crippen molar-refractivity contribution < 1.29 is 4.74 Å². The fraction of sp³-hybridized carbons (Fsp3) is 0.417. The first-order chi connectivity index (χ1) is 15.1. The molecule has 0 saturated carbocycles. The van der Waals surface area contributed by atoms with Gasteiger partial charge in [-0.3, -0.25) is 9.47 Å². The zero-order valence-corrected chi connectivity index (χ0v) is 18.4. The van der Waals surface area contributed by atoms with Gasteiger partial charge in [0.15, 0.2) is 11.6 Å². The van der Waals surface area contributed by atoms with Crippen LogP contribution in [-0.2, 0) is 29.8 Å². The van der Waals surface area contributed by atoms with Gasteiger partial charge in [-0.15, -0.1) is 10.2 Å². The highest BCUT2D eigenvalue weighted by Gasteiger charge is 2.44. The van der Waals surface area contributed by atoms with Crippen molar-refractivity contribution >= 4 is 11.6 Å². The minimum Gasteiger partial charge on any atom is -0.359 e. The predicted molar refractivity (Wildman–Crippen MR) is 119 cm³/mol. The third-order valence-electron chi connectivity index (χ3n) is 6.87. The van der Waals surface area contributed by atoms with E-state index in [0.717, 1.165) is 67.8 Å². The van der Waals surface area contributed by atoms with Gasteiger partial charge in [0.1, 0.15) is 6.10 Å². The van der Waals surface area contributed by atoms with E-state index in [9.17, 15) is 0 Å². The van der Waals surface area contributed by atoms with Crippen LogP contribution in [0.3, 0.4) is 0 Å².